The van der Waals surface area contributed by atoms with Crippen LogP contribution in [0.4, 0.5) is 0 Å². The number of ether oxygens (including phenoxy) is 1. The van der Waals surface area contributed by atoms with Crippen molar-refractivity contribution in [3.05, 3.63) is 35.4 Å². The van der Waals surface area contributed by atoms with Crippen LogP contribution in [-0.2, 0) is 4.74 Å². The summed E-state index contributed by atoms with van der Waals surface area (Å²) in [7, 11) is 1.78. The molecular weight excluding hydrogens is 246 g/mol. The van der Waals surface area contributed by atoms with Gasteiger partial charge >= 0.3 is 0 Å². The monoisotopic (exact) mass is 277 g/mol. The minimum absolute atomic E-state index is 0.617. The van der Waals surface area contributed by atoms with Gasteiger partial charge in [0.15, 0.2) is 0 Å². The number of nitrogens with one attached hydrogen (secondary N) is 1. The summed E-state index contributed by atoms with van der Waals surface area (Å²) < 4.78 is 5.14. The Morgan fingerprint density at radius 2 is 1.75 bits per heavy atom. The highest BCUT2D eigenvalue weighted by molar-refractivity contribution is 5.24. The van der Waals surface area contributed by atoms with Gasteiger partial charge in [0.05, 0.1) is 0 Å². The lowest BCUT2D eigenvalue weighted by Gasteiger charge is -2.19. The molecule has 1 unspecified atom stereocenters. The molecule has 2 heteroatoms. The van der Waals surface area contributed by atoms with E-state index in [1.807, 2.05) is 0 Å². The van der Waals surface area contributed by atoms with E-state index in [4.69, 9.17) is 4.74 Å². The van der Waals surface area contributed by atoms with Crippen LogP contribution < -0.4 is 5.32 Å². The van der Waals surface area contributed by atoms with E-state index in [2.05, 4.69) is 50.4 Å². The predicted octanol–water partition coefficient (Wildman–Crippen LogP) is 4.14. The molecule has 1 atom stereocenters. The lowest BCUT2D eigenvalue weighted by molar-refractivity contribution is 0.191. The van der Waals surface area contributed by atoms with Crippen molar-refractivity contribution in [2.75, 3.05) is 26.8 Å². The van der Waals surface area contributed by atoms with Gasteiger partial charge in [-0.1, -0.05) is 50.1 Å². The minimum Gasteiger partial charge on any atom is -0.385 e. The van der Waals surface area contributed by atoms with Crippen molar-refractivity contribution in [2.24, 2.45) is 5.92 Å². The van der Waals surface area contributed by atoms with E-state index >= 15 is 0 Å². The minimum atomic E-state index is 0.617. The van der Waals surface area contributed by atoms with Gasteiger partial charge in [0.25, 0.3) is 0 Å². The van der Waals surface area contributed by atoms with Gasteiger partial charge in [-0.05, 0) is 43.7 Å². The molecule has 0 aliphatic rings. The lowest BCUT2D eigenvalue weighted by Crippen LogP contribution is -2.25. The summed E-state index contributed by atoms with van der Waals surface area (Å²) in [5.41, 5.74) is 2.80. The molecule has 20 heavy (non-hydrogen) atoms. The first kappa shape index (κ1) is 17.2. The fourth-order valence-corrected chi connectivity index (χ4v) is 2.41. The third-order valence-corrected chi connectivity index (χ3v) is 3.64. The van der Waals surface area contributed by atoms with Crippen molar-refractivity contribution in [2.45, 2.75) is 46.0 Å². The summed E-state index contributed by atoms with van der Waals surface area (Å²) in [4.78, 5) is 0. The van der Waals surface area contributed by atoms with E-state index < -0.39 is 0 Å². The molecule has 2 nitrogen and oxygen atoms in total. The van der Waals surface area contributed by atoms with Gasteiger partial charge in [0.1, 0.15) is 0 Å². The smallest absolute Gasteiger partial charge is 0.0462 e. The number of unbranched alkanes of at least 4 members (excludes halogenated alkanes) is 1. The second-order valence-electron chi connectivity index (χ2n) is 6.15. The van der Waals surface area contributed by atoms with Crippen LogP contribution in [0.5, 0.6) is 0 Å². The maximum Gasteiger partial charge on any atom is 0.0462 e. The Morgan fingerprint density at radius 3 is 2.35 bits per heavy atom. The number of hydrogen-bond donors (Lipinski definition) is 1. The van der Waals surface area contributed by atoms with Gasteiger partial charge in [-0.2, -0.15) is 0 Å². The molecule has 0 spiro atoms. The second kappa shape index (κ2) is 9.95. The molecule has 0 fully saturated rings. The van der Waals surface area contributed by atoms with Crippen LogP contribution in [0.3, 0.4) is 0 Å². The van der Waals surface area contributed by atoms with E-state index in [-0.39, 0.29) is 0 Å². The lowest BCUT2D eigenvalue weighted by atomic mass is 9.92. The highest BCUT2D eigenvalue weighted by atomic mass is 16.5. The molecule has 0 saturated carbocycles. The molecule has 0 heterocycles. The van der Waals surface area contributed by atoms with Crippen molar-refractivity contribution >= 4 is 0 Å². The number of benzene rings is 1. The maximum absolute atomic E-state index is 5.14. The summed E-state index contributed by atoms with van der Waals surface area (Å²) in [6, 6.07) is 9.01. The van der Waals surface area contributed by atoms with Crippen molar-refractivity contribution < 1.29 is 4.74 Å². The normalized spacial score (nSPS) is 12.8. The Balaban J connectivity index is 2.51. The first-order chi connectivity index (χ1) is 9.63. The second-order valence-corrected chi connectivity index (χ2v) is 6.15. The van der Waals surface area contributed by atoms with Crippen LogP contribution in [0, 0.1) is 12.8 Å². The van der Waals surface area contributed by atoms with Crippen molar-refractivity contribution in [3.63, 3.8) is 0 Å². The standard InChI is InChI=1S/C18H31NO/c1-15(2)13-19-14-18(7-5-6-12-20-4)17-10-8-16(3)9-11-17/h8-11,15,18-19H,5-7,12-14H2,1-4H3. The van der Waals surface area contributed by atoms with Crippen LogP contribution in [0.2, 0.25) is 0 Å². The van der Waals surface area contributed by atoms with Gasteiger partial charge in [-0.25, -0.2) is 0 Å². The SMILES string of the molecule is COCCCCC(CNCC(C)C)c1ccc(C)cc1. The first-order valence-corrected chi connectivity index (χ1v) is 7.89. The Labute approximate surface area is 124 Å². The van der Waals surface area contributed by atoms with E-state index in [9.17, 15) is 0 Å². The fraction of sp³-hybridized carbons (Fsp3) is 0.667. The number of methoxy groups -OCH3 is 1. The molecule has 1 rings (SSSR count). The van der Waals surface area contributed by atoms with Crippen molar-refractivity contribution in [1.82, 2.24) is 5.32 Å². The topological polar surface area (TPSA) is 21.3 Å². The van der Waals surface area contributed by atoms with Crippen LogP contribution >= 0.6 is 0 Å². The van der Waals surface area contributed by atoms with Crippen LogP contribution in [0.15, 0.2) is 24.3 Å². The highest BCUT2D eigenvalue weighted by Gasteiger charge is 2.11. The number of rotatable bonds is 10. The van der Waals surface area contributed by atoms with Crippen LogP contribution in [0.1, 0.15) is 50.2 Å². The zero-order valence-electron chi connectivity index (χ0n) is 13.6. The zero-order valence-corrected chi connectivity index (χ0v) is 13.6. The molecule has 1 aromatic carbocycles. The number of hydrogen-bond acceptors (Lipinski definition) is 2. The van der Waals surface area contributed by atoms with Crippen LogP contribution in [-0.4, -0.2) is 26.8 Å². The van der Waals surface area contributed by atoms with Gasteiger partial charge in [-0.15, -0.1) is 0 Å². The molecule has 1 aromatic rings. The van der Waals surface area contributed by atoms with E-state index in [1.165, 1.54) is 24.0 Å². The molecule has 0 aliphatic carbocycles. The molecule has 0 radical (unpaired) electrons. The van der Waals surface area contributed by atoms with E-state index in [1.54, 1.807) is 7.11 Å². The van der Waals surface area contributed by atoms with Crippen molar-refractivity contribution in [3.8, 4) is 0 Å². The fourth-order valence-electron chi connectivity index (χ4n) is 2.41. The van der Waals surface area contributed by atoms with Crippen LogP contribution in [0.25, 0.3) is 0 Å². The summed E-state index contributed by atoms with van der Waals surface area (Å²) >= 11 is 0. The Hall–Kier alpha value is -0.860. The summed E-state index contributed by atoms with van der Waals surface area (Å²) in [5.74, 6) is 1.33. The summed E-state index contributed by atoms with van der Waals surface area (Å²) in [6.45, 7) is 9.71. The Morgan fingerprint density at radius 1 is 1.05 bits per heavy atom. The third-order valence-electron chi connectivity index (χ3n) is 3.64. The molecular formula is C18H31NO. The quantitative estimate of drug-likeness (QED) is 0.649. The molecule has 0 aliphatic heterocycles. The van der Waals surface area contributed by atoms with E-state index in [0.717, 1.165) is 26.1 Å². The molecule has 0 saturated heterocycles. The van der Waals surface area contributed by atoms with Gasteiger partial charge in [0.2, 0.25) is 0 Å². The molecule has 0 bridgehead atoms. The molecule has 114 valence electrons. The predicted molar refractivity (Wildman–Crippen MR) is 87.4 cm³/mol. The average Bonchev–Trinajstić information content (AvgIpc) is 2.42. The number of aryl methyl sites for hydroxylation is 1. The Bertz CT molecular complexity index is 345. The zero-order chi connectivity index (χ0) is 14.8. The third kappa shape index (κ3) is 7.06. The molecule has 0 aromatic heterocycles. The van der Waals surface area contributed by atoms with Gasteiger partial charge in [0, 0.05) is 20.3 Å². The highest BCUT2D eigenvalue weighted by Crippen LogP contribution is 2.22. The summed E-state index contributed by atoms with van der Waals surface area (Å²) in [5, 5.41) is 3.61. The molecule has 1 N–H and O–H groups in total. The molecule has 0 amide bonds. The van der Waals surface area contributed by atoms with Crippen molar-refractivity contribution in [1.29, 1.82) is 0 Å². The van der Waals surface area contributed by atoms with E-state index in [0.29, 0.717) is 11.8 Å². The first-order valence-electron chi connectivity index (χ1n) is 7.89. The largest absolute Gasteiger partial charge is 0.385 e. The summed E-state index contributed by atoms with van der Waals surface area (Å²) in [6.07, 6.45) is 3.62. The average molecular weight is 277 g/mol. The Kier molecular flexibility index (Phi) is 8.56. The van der Waals surface area contributed by atoms with Gasteiger partial charge < -0.3 is 10.1 Å². The maximum atomic E-state index is 5.14. The van der Waals surface area contributed by atoms with Gasteiger partial charge in [-0.3, -0.25) is 0 Å².